The van der Waals surface area contributed by atoms with Crippen LogP contribution in [0.15, 0.2) is 24.8 Å². The Morgan fingerprint density at radius 2 is 1.78 bits per heavy atom. The fraction of sp³-hybridized carbons (Fsp3) is 0.500. The number of rotatable bonds is 9. The first-order valence-electron chi connectivity index (χ1n) is 8.84. The van der Waals surface area contributed by atoms with Crippen molar-refractivity contribution in [2.75, 3.05) is 20.3 Å². The maximum Gasteiger partial charge on any atom is 0.379 e. The first-order chi connectivity index (χ1) is 12.5. The summed E-state index contributed by atoms with van der Waals surface area (Å²) in [6, 6.07) is 3.05. The van der Waals surface area contributed by atoms with Crippen LogP contribution in [-0.4, -0.2) is 40.4 Å². The van der Waals surface area contributed by atoms with Gasteiger partial charge in [-0.05, 0) is 31.1 Å². The molecule has 0 aliphatic carbocycles. The molecule has 7 heteroatoms. The predicted molar refractivity (Wildman–Crippen MR) is 107 cm³/mol. The van der Waals surface area contributed by atoms with Crippen LogP contribution in [0, 0.1) is 0 Å². The smallest absolute Gasteiger partial charge is 0.379 e. The molecule has 0 aliphatic heterocycles. The third kappa shape index (κ3) is 5.59. The zero-order valence-electron chi connectivity index (χ0n) is 17.3. The van der Waals surface area contributed by atoms with E-state index in [2.05, 4.69) is 40.4 Å². The highest BCUT2D eigenvalue weighted by atomic mass is 28.4. The van der Waals surface area contributed by atoms with Crippen LogP contribution in [0.2, 0.25) is 18.1 Å². The van der Waals surface area contributed by atoms with E-state index >= 15 is 0 Å². The molecule has 0 saturated carbocycles. The molecule has 0 fully saturated rings. The van der Waals surface area contributed by atoms with Crippen molar-refractivity contribution in [2.45, 2.75) is 45.8 Å². The van der Waals surface area contributed by atoms with Gasteiger partial charge >= 0.3 is 5.97 Å². The second-order valence-electron chi connectivity index (χ2n) is 7.51. The second kappa shape index (κ2) is 9.08. The van der Waals surface area contributed by atoms with Crippen LogP contribution < -0.4 is 13.9 Å². The van der Waals surface area contributed by atoms with Crippen LogP contribution in [0.1, 0.15) is 38.1 Å². The number of ether oxygens (including phenoxy) is 3. The minimum absolute atomic E-state index is 0.0948. The average Bonchev–Trinajstić information content (AvgIpc) is 2.58. The van der Waals surface area contributed by atoms with E-state index in [-0.39, 0.29) is 23.8 Å². The number of Topliss-reactive ketones (excluding diaryl/α,β-unsaturated/α-hetero) is 1. The van der Waals surface area contributed by atoms with Crippen LogP contribution in [0.5, 0.6) is 17.2 Å². The van der Waals surface area contributed by atoms with Gasteiger partial charge in [-0.25, -0.2) is 4.79 Å². The van der Waals surface area contributed by atoms with E-state index < -0.39 is 20.1 Å². The number of hydrogen-bond donors (Lipinski definition) is 0. The lowest BCUT2D eigenvalue weighted by atomic mass is 10.1. The van der Waals surface area contributed by atoms with Crippen molar-refractivity contribution in [3.8, 4) is 17.2 Å². The lowest BCUT2D eigenvalue weighted by Crippen LogP contribution is -2.44. The minimum Gasteiger partial charge on any atom is -0.543 e. The van der Waals surface area contributed by atoms with Gasteiger partial charge in [0.05, 0.1) is 19.3 Å². The molecule has 0 radical (unpaired) electrons. The Bertz CT molecular complexity index is 703. The van der Waals surface area contributed by atoms with Crippen molar-refractivity contribution in [2.24, 2.45) is 0 Å². The lowest BCUT2D eigenvalue weighted by molar-refractivity contribution is -0.137. The summed E-state index contributed by atoms with van der Waals surface area (Å²) in [4.78, 5) is 24.7. The summed E-state index contributed by atoms with van der Waals surface area (Å²) >= 11 is 0. The third-order valence-corrected chi connectivity index (χ3v) is 8.84. The molecule has 0 aliphatic rings. The number of methoxy groups -OCH3 is 1. The molecule has 0 unspecified atom stereocenters. The molecular weight excluding hydrogens is 364 g/mol. The highest BCUT2D eigenvalue weighted by molar-refractivity contribution is 6.74. The Labute approximate surface area is 162 Å². The predicted octanol–water partition coefficient (Wildman–Crippen LogP) is 4.39. The maximum absolute atomic E-state index is 12.7. The number of carbonyl (C=O) groups is 2. The summed E-state index contributed by atoms with van der Waals surface area (Å²) in [5.74, 6) is -0.685. The molecule has 0 N–H and O–H groups in total. The second-order valence-corrected chi connectivity index (χ2v) is 12.2. The Morgan fingerprint density at radius 3 is 2.26 bits per heavy atom. The van der Waals surface area contributed by atoms with Gasteiger partial charge in [-0.15, -0.1) is 0 Å². The van der Waals surface area contributed by atoms with Crippen LogP contribution in [0.25, 0.3) is 0 Å². The summed E-state index contributed by atoms with van der Waals surface area (Å²) in [6.07, 6.45) is 1.58. The fourth-order valence-corrected chi connectivity index (χ4v) is 2.98. The molecule has 0 bridgehead atoms. The minimum atomic E-state index is -2.27. The van der Waals surface area contributed by atoms with Gasteiger partial charge in [-0.1, -0.05) is 33.4 Å². The zero-order valence-corrected chi connectivity index (χ0v) is 18.3. The Hall–Kier alpha value is -2.28. The molecule has 0 amide bonds. The number of benzene rings is 1. The van der Waals surface area contributed by atoms with E-state index in [0.29, 0.717) is 17.2 Å². The Balaban J connectivity index is 3.51. The molecule has 0 aromatic heterocycles. The number of esters is 1. The molecule has 1 aromatic carbocycles. The highest BCUT2D eigenvalue weighted by Crippen LogP contribution is 2.41. The first-order valence-corrected chi connectivity index (χ1v) is 11.8. The SMILES string of the molecule is C=CCOc1cc(C(=O)C(=O)OCC)c(O[Si](C)(C)C(C)(C)C)cc1OC. The summed E-state index contributed by atoms with van der Waals surface area (Å²) in [7, 11) is -0.773. The van der Waals surface area contributed by atoms with Gasteiger partial charge in [0, 0.05) is 6.07 Å². The fourth-order valence-electron chi connectivity index (χ4n) is 1.96. The molecule has 0 spiro atoms. The molecular formula is C20H30O6Si. The monoisotopic (exact) mass is 394 g/mol. The molecule has 150 valence electrons. The van der Waals surface area contributed by atoms with Gasteiger partial charge < -0.3 is 18.6 Å². The molecule has 27 heavy (non-hydrogen) atoms. The Kier molecular flexibility index (Phi) is 7.65. The first kappa shape index (κ1) is 22.8. The number of ketones is 1. The number of carbonyl (C=O) groups excluding carboxylic acids is 2. The summed E-state index contributed by atoms with van der Waals surface area (Å²) < 4.78 is 22.1. The van der Waals surface area contributed by atoms with Gasteiger partial charge in [-0.3, -0.25) is 4.79 Å². The van der Waals surface area contributed by atoms with Crippen molar-refractivity contribution < 1.29 is 28.2 Å². The quantitative estimate of drug-likeness (QED) is 0.203. The van der Waals surface area contributed by atoms with Crippen molar-refractivity contribution in [1.82, 2.24) is 0 Å². The Morgan fingerprint density at radius 1 is 1.15 bits per heavy atom. The van der Waals surface area contributed by atoms with Crippen molar-refractivity contribution in [3.63, 3.8) is 0 Å². The van der Waals surface area contributed by atoms with Crippen LogP contribution in [0.4, 0.5) is 0 Å². The normalized spacial score (nSPS) is 11.5. The van der Waals surface area contributed by atoms with Crippen molar-refractivity contribution in [3.05, 3.63) is 30.4 Å². The van der Waals surface area contributed by atoms with Gasteiger partial charge in [-0.2, -0.15) is 0 Å². The van der Waals surface area contributed by atoms with Gasteiger partial charge in [0.25, 0.3) is 14.1 Å². The van der Waals surface area contributed by atoms with E-state index in [1.54, 1.807) is 19.1 Å². The largest absolute Gasteiger partial charge is 0.543 e. The van der Waals surface area contributed by atoms with Crippen LogP contribution in [0.3, 0.4) is 0 Å². The topological polar surface area (TPSA) is 71.1 Å². The molecule has 0 heterocycles. The zero-order chi connectivity index (χ0) is 20.8. The van der Waals surface area contributed by atoms with Crippen LogP contribution in [-0.2, 0) is 9.53 Å². The molecule has 1 aromatic rings. The summed E-state index contributed by atoms with van der Waals surface area (Å²) in [5.41, 5.74) is 0.0955. The average molecular weight is 395 g/mol. The molecule has 6 nitrogen and oxygen atoms in total. The molecule has 0 atom stereocenters. The van der Waals surface area contributed by atoms with E-state index in [0.717, 1.165) is 0 Å². The van der Waals surface area contributed by atoms with Crippen LogP contribution >= 0.6 is 0 Å². The maximum atomic E-state index is 12.7. The highest BCUT2D eigenvalue weighted by Gasteiger charge is 2.40. The molecule has 1 rings (SSSR count). The van der Waals surface area contributed by atoms with E-state index in [4.69, 9.17) is 18.6 Å². The lowest BCUT2D eigenvalue weighted by Gasteiger charge is -2.37. The van der Waals surface area contributed by atoms with E-state index in [1.807, 2.05) is 0 Å². The molecule has 0 saturated heterocycles. The number of hydrogen-bond acceptors (Lipinski definition) is 6. The van der Waals surface area contributed by atoms with E-state index in [9.17, 15) is 9.59 Å². The van der Waals surface area contributed by atoms with Gasteiger partial charge in [0.1, 0.15) is 12.4 Å². The standard InChI is InChI=1S/C20H30O6Si/c1-9-11-25-17-12-14(18(21)19(22)24-10-2)15(13-16(17)23-6)26-27(7,8)20(3,4)5/h9,12-13H,1,10-11H2,2-8H3. The van der Waals surface area contributed by atoms with Gasteiger partial charge in [0.2, 0.25) is 0 Å². The van der Waals surface area contributed by atoms with Gasteiger partial charge in [0.15, 0.2) is 11.5 Å². The summed E-state index contributed by atoms with van der Waals surface area (Å²) in [6.45, 7) is 16.0. The summed E-state index contributed by atoms with van der Waals surface area (Å²) in [5, 5.41) is -0.0948. The van der Waals surface area contributed by atoms with Crippen molar-refractivity contribution >= 4 is 20.1 Å². The third-order valence-electron chi connectivity index (χ3n) is 4.50. The van der Waals surface area contributed by atoms with E-state index in [1.165, 1.54) is 13.2 Å². The van der Waals surface area contributed by atoms with Crippen molar-refractivity contribution in [1.29, 1.82) is 0 Å².